The van der Waals surface area contributed by atoms with Crippen molar-refractivity contribution in [2.45, 2.75) is 31.8 Å². The number of hydrogen-bond donors (Lipinski definition) is 1. The number of methoxy groups -OCH3 is 1. The minimum Gasteiger partial charge on any atom is -0.383 e. The van der Waals surface area contributed by atoms with Crippen molar-refractivity contribution in [2.24, 2.45) is 17.6 Å². The number of aromatic nitrogens is 1. The number of amides is 1. The molecule has 3 rings (SSSR count). The summed E-state index contributed by atoms with van der Waals surface area (Å²) < 4.78 is 7.09. The van der Waals surface area contributed by atoms with Gasteiger partial charge >= 0.3 is 0 Å². The second-order valence-electron chi connectivity index (χ2n) is 6.38. The first-order chi connectivity index (χ1) is 10.2. The first-order valence-corrected chi connectivity index (χ1v) is 7.88. The van der Waals surface area contributed by atoms with Crippen LogP contribution >= 0.6 is 0 Å². The average molecular weight is 291 g/mol. The van der Waals surface area contributed by atoms with Gasteiger partial charge in [-0.1, -0.05) is 0 Å². The molecule has 1 aliphatic heterocycles. The first kappa shape index (κ1) is 14.6. The molecule has 1 saturated heterocycles. The van der Waals surface area contributed by atoms with Crippen molar-refractivity contribution >= 4 is 5.91 Å². The molecule has 21 heavy (non-hydrogen) atoms. The molecule has 5 nitrogen and oxygen atoms in total. The van der Waals surface area contributed by atoms with Crippen LogP contribution in [0.2, 0.25) is 0 Å². The summed E-state index contributed by atoms with van der Waals surface area (Å²) in [5.41, 5.74) is 6.84. The van der Waals surface area contributed by atoms with Crippen LogP contribution in [-0.4, -0.2) is 48.2 Å². The van der Waals surface area contributed by atoms with E-state index in [9.17, 15) is 4.79 Å². The summed E-state index contributed by atoms with van der Waals surface area (Å²) in [6.07, 6.45) is 5.29. The van der Waals surface area contributed by atoms with Gasteiger partial charge < -0.3 is 19.9 Å². The maximum absolute atomic E-state index is 12.7. The fraction of sp³-hybridized carbons (Fsp3) is 0.688. The minimum absolute atomic E-state index is 0.152. The number of hydrogen-bond acceptors (Lipinski definition) is 3. The lowest BCUT2D eigenvalue weighted by Gasteiger charge is -2.27. The lowest BCUT2D eigenvalue weighted by atomic mass is 9.79. The maximum atomic E-state index is 12.7. The summed E-state index contributed by atoms with van der Waals surface area (Å²) in [4.78, 5) is 14.8. The van der Waals surface area contributed by atoms with Crippen LogP contribution in [0.15, 0.2) is 18.3 Å². The van der Waals surface area contributed by atoms with Crippen molar-refractivity contribution in [3.63, 3.8) is 0 Å². The Balaban J connectivity index is 1.67. The molecule has 0 radical (unpaired) electrons. The molecule has 2 N–H and O–H groups in total. The lowest BCUT2D eigenvalue weighted by molar-refractivity contribution is 0.0770. The Morgan fingerprint density at radius 2 is 2.19 bits per heavy atom. The highest BCUT2D eigenvalue weighted by Gasteiger charge is 2.39. The van der Waals surface area contributed by atoms with E-state index in [1.807, 2.05) is 27.8 Å². The Morgan fingerprint density at radius 1 is 1.38 bits per heavy atom. The molecule has 1 aliphatic carbocycles. The molecule has 2 aliphatic rings. The van der Waals surface area contributed by atoms with E-state index in [0.29, 0.717) is 24.5 Å². The second kappa shape index (κ2) is 6.20. The van der Waals surface area contributed by atoms with Crippen molar-refractivity contribution in [1.29, 1.82) is 0 Å². The van der Waals surface area contributed by atoms with E-state index in [4.69, 9.17) is 10.5 Å². The number of nitrogens with zero attached hydrogens (tertiary/aromatic N) is 2. The van der Waals surface area contributed by atoms with Crippen molar-refractivity contribution in [1.82, 2.24) is 9.47 Å². The Kier molecular flexibility index (Phi) is 4.31. The molecular formula is C16H25N3O2. The van der Waals surface area contributed by atoms with Crippen LogP contribution in [-0.2, 0) is 11.3 Å². The standard InChI is InChI=1S/C16H25N3O2/c1-21-8-7-18-6-2-3-15(18)16(20)19-10-12-4-5-14(17)9-13(12)11-19/h2-3,6,12-14H,4-5,7-11,17H2,1H3/t12-,13+,14?/m1/s1. The summed E-state index contributed by atoms with van der Waals surface area (Å²) in [7, 11) is 1.68. The van der Waals surface area contributed by atoms with Crippen molar-refractivity contribution in [2.75, 3.05) is 26.8 Å². The normalized spacial score (nSPS) is 28.7. The largest absolute Gasteiger partial charge is 0.383 e. The van der Waals surface area contributed by atoms with Gasteiger partial charge in [0.25, 0.3) is 5.91 Å². The third-order valence-corrected chi connectivity index (χ3v) is 4.96. The maximum Gasteiger partial charge on any atom is 0.270 e. The number of ether oxygens (including phenoxy) is 1. The van der Waals surface area contributed by atoms with Crippen LogP contribution in [0.5, 0.6) is 0 Å². The lowest BCUT2D eigenvalue weighted by Crippen LogP contribution is -2.32. The molecule has 2 fully saturated rings. The number of fused-ring (bicyclic) bond motifs is 1. The number of carbonyl (C=O) groups excluding carboxylic acids is 1. The molecule has 1 amide bonds. The highest BCUT2D eigenvalue weighted by atomic mass is 16.5. The topological polar surface area (TPSA) is 60.5 Å². The smallest absolute Gasteiger partial charge is 0.270 e. The van der Waals surface area contributed by atoms with Crippen LogP contribution in [0, 0.1) is 11.8 Å². The van der Waals surface area contributed by atoms with Crippen LogP contribution in [0.1, 0.15) is 29.8 Å². The van der Waals surface area contributed by atoms with Crippen molar-refractivity contribution < 1.29 is 9.53 Å². The van der Waals surface area contributed by atoms with Gasteiger partial charge in [-0.2, -0.15) is 0 Å². The number of rotatable bonds is 4. The summed E-state index contributed by atoms with van der Waals surface area (Å²) in [5.74, 6) is 1.40. The van der Waals surface area contributed by atoms with Crippen molar-refractivity contribution in [3.8, 4) is 0 Å². The monoisotopic (exact) mass is 291 g/mol. The van der Waals surface area contributed by atoms with E-state index < -0.39 is 0 Å². The summed E-state index contributed by atoms with van der Waals surface area (Å²) in [6, 6.07) is 4.17. The zero-order chi connectivity index (χ0) is 14.8. The molecule has 1 aromatic rings. The third-order valence-electron chi connectivity index (χ3n) is 4.96. The summed E-state index contributed by atoms with van der Waals surface area (Å²) >= 11 is 0. The predicted molar refractivity (Wildman–Crippen MR) is 81.0 cm³/mol. The van der Waals surface area contributed by atoms with E-state index in [2.05, 4.69) is 0 Å². The number of carbonyl (C=O) groups is 1. The van der Waals surface area contributed by atoms with Crippen LogP contribution < -0.4 is 5.73 Å². The average Bonchev–Trinajstić information content (AvgIpc) is 3.10. The molecule has 0 spiro atoms. The summed E-state index contributed by atoms with van der Waals surface area (Å²) in [5, 5.41) is 0. The molecule has 0 bridgehead atoms. The highest BCUT2D eigenvalue weighted by molar-refractivity contribution is 5.93. The molecule has 0 aromatic carbocycles. The Hall–Kier alpha value is -1.33. The number of likely N-dealkylation sites (tertiary alicyclic amines) is 1. The van der Waals surface area contributed by atoms with Gasteiger partial charge in [0.05, 0.1) is 6.61 Å². The molecule has 116 valence electrons. The molecule has 1 aromatic heterocycles. The van der Waals surface area contributed by atoms with Gasteiger partial charge in [-0.3, -0.25) is 4.79 Å². The van der Waals surface area contributed by atoms with Crippen LogP contribution in [0.25, 0.3) is 0 Å². The Bertz CT molecular complexity index is 499. The minimum atomic E-state index is 0.152. The zero-order valence-electron chi connectivity index (χ0n) is 12.7. The van der Waals surface area contributed by atoms with E-state index in [1.165, 1.54) is 6.42 Å². The number of nitrogens with two attached hydrogens (primary N) is 1. The zero-order valence-corrected chi connectivity index (χ0v) is 12.7. The Morgan fingerprint density at radius 3 is 3.00 bits per heavy atom. The Labute approximate surface area is 126 Å². The molecule has 1 saturated carbocycles. The molecule has 1 unspecified atom stereocenters. The molecule has 3 atom stereocenters. The second-order valence-corrected chi connectivity index (χ2v) is 6.38. The molecule has 2 heterocycles. The van der Waals surface area contributed by atoms with Gasteiger partial charge in [-0.05, 0) is 43.2 Å². The fourth-order valence-electron chi connectivity index (χ4n) is 3.79. The predicted octanol–water partition coefficient (Wildman–Crippen LogP) is 1.33. The van der Waals surface area contributed by atoms with Crippen molar-refractivity contribution in [3.05, 3.63) is 24.0 Å². The fourth-order valence-corrected chi connectivity index (χ4v) is 3.79. The third kappa shape index (κ3) is 2.99. The van der Waals surface area contributed by atoms with E-state index >= 15 is 0 Å². The van der Waals surface area contributed by atoms with Gasteiger partial charge in [0.2, 0.25) is 0 Å². The van der Waals surface area contributed by atoms with E-state index in [-0.39, 0.29) is 5.91 Å². The summed E-state index contributed by atoms with van der Waals surface area (Å²) in [6.45, 7) is 3.10. The van der Waals surface area contributed by atoms with E-state index in [1.54, 1.807) is 7.11 Å². The van der Waals surface area contributed by atoms with Crippen LogP contribution in [0.3, 0.4) is 0 Å². The van der Waals surface area contributed by atoms with Gasteiger partial charge in [-0.25, -0.2) is 0 Å². The quantitative estimate of drug-likeness (QED) is 0.910. The highest BCUT2D eigenvalue weighted by Crippen LogP contribution is 2.36. The SMILES string of the molecule is COCCn1cccc1C(=O)N1C[C@H]2CCC(N)C[C@H]2C1. The molecular weight excluding hydrogens is 266 g/mol. The first-order valence-electron chi connectivity index (χ1n) is 7.88. The van der Waals surface area contributed by atoms with Gasteiger partial charge in [0.1, 0.15) is 5.69 Å². The van der Waals surface area contributed by atoms with Gasteiger partial charge in [0.15, 0.2) is 0 Å². The van der Waals surface area contributed by atoms with Gasteiger partial charge in [-0.15, -0.1) is 0 Å². The van der Waals surface area contributed by atoms with E-state index in [0.717, 1.165) is 38.2 Å². The van der Waals surface area contributed by atoms with Gasteiger partial charge in [0, 0.05) is 39.0 Å². The van der Waals surface area contributed by atoms with Crippen LogP contribution in [0.4, 0.5) is 0 Å². The molecule has 5 heteroatoms.